The van der Waals surface area contributed by atoms with Gasteiger partial charge in [0.05, 0.1) is 35.1 Å². The average Bonchev–Trinajstić information content (AvgIpc) is 2.99. The first kappa shape index (κ1) is 21.4. The van der Waals surface area contributed by atoms with E-state index in [0.29, 0.717) is 53.0 Å². The Morgan fingerprint density at radius 3 is 2.26 bits per heavy atom. The lowest BCUT2D eigenvalue weighted by molar-refractivity contribution is -0.121. The Balaban J connectivity index is 1.82. The summed E-state index contributed by atoms with van der Waals surface area (Å²) < 4.78 is 11.4. The number of ether oxygens (including phenoxy) is 2. The van der Waals surface area contributed by atoms with Gasteiger partial charge in [-0.25, -0.2) is 4.90 Å². The molecule has 0 aliphatic carbocycles. The highest BCUT2D eigenvalue weighted by Crippen LogP contribution is 2.38. The molecule has 0 N–H and O–H groups in total. The highest BCUT2D eigenvalue weighted by atomic mass is 35.5. The van der Waals surface area contributed by atoms with E-state index in [-0.39, 0.29) is 24.0 Å². The molecule has 2 heterocycles. The molecule has 0 radical (unpaired) electrons. The van der Waals surface area contributed by atoms with Crippen molar-refractivity contribution in [3.63, 3.8) is 0 Å². The number of hydrogen-bond acceptors (Lipinski definition) is 5. The number of rotatable bonds is 5. The Labute approximate surface area is 187 Å². The maximum atomic E-state index is 13.6. The van der Waals surface area contributed by atoms with Crippen molar-refractivity contribution >= 4 is 34.7 Å². The molecule has 7 heteroatoms. The predicted octanol–water partition coefficient (Wildman–Crippen LogP) is 4.13. The van der Waals surface area contributed by atoms with Crippen molar-refractivity contribution in [2.75, 3.05) is 24.6 Å². The summed E-state index contributed by atoms with van der Waals surface area (Å²) in [6, 6.07) is 14.1. The lowest BCUT2D eigenvalue weighted by atomic mass is 10.0. The fourth-order valence-electron chi connectivity index (χ4n) is 4.17. The third kappa shape index (κ3) is 4.05. The first-order valence-electron chi connectivity index (χ1n) is 10.4. The van der Waals surface area contributed by atoms with Crippen LogP contribution in [-0.4, -0.2) is 48.6 Å². The number of amides is 2. The average molecular weight is 441 g/mol. The summed E-state index contributed by atoms with van der Waals surface area (Å²) in [5.74, 6) is -0.0471. The minimum absolute atomic E-state index is 0.0601. The van der Waals surface area contributed by atoms with E-state index in [2.05, 4.69) is 0 Å². The molecule has 1 fully saturated rings. The van der Waals surface area contributed by atoms with Crippen molar-refractivity contribution in [2.45, 2.75) is 33.0 Å². The van der Waals surface area contributed by atoms with Crippen LogP contribution < -0.4 is 9.64 Å². The zero-order chi connectivity index (χ0) is 22.1. The van der Waals surface area contributed by atoms with Gasteiger partial charge in [-0.2, -0.15) is 0 Å². The number of morpholine rings is 1. The van der Waals surface area contributed by atoms with Crippen LogP contribution in [0.15, 0.2) is 54.2 Å². The molecule has 0 bridgehead atoms. The summed E-state index contributed by atoms with van der Waals surface area (Å²) in [4.78, 5) is 30.3. The first-order chi connectivity index (χ1) is 14.9. The second-order valence-electron chi connectivity index (χ2n) is 7.74. The number of para-hydroxylation sites is 1. The van der Waals surface area contributed by atoms with Gasteiger partial charge in [0.1, 0.15) is 11.4 Å². The number of carbonyl (C=O) groups excluding carboxylic acids is 2. The smallest absolute Gasteiger partial charge is 0.282 e. The van der Waals surface area contributed by atoms with Gasteiger partial charge in [-0.05, 0) is 50.6 Å². The van der Waals surface area contributed by atoms with E-state index in [9.17, 15) is 9.59 Å². The Morgan fingerprint density at radius 1 is 1.00 bits per heavy atom. The van der Waals surface area contributed by atoms with Crippen LogP contribution in [0.2, 0.25) is 5.02 Å². The molecule has 2 atom stereocenters. The van der Waals surface area contributed by atoms with Crippen molar-refractivity contribution in [3.05, 3.63) is 64.8 Å². The largest absolute Gasteiger partial charge is 0.494 e. The van der Waals surface area contributed by atoms with Gasteiger partial charge in [0, 0.05) is 13.1 Å². The normalized spacial score (nSPS) is 21.8. The van der Waals surface area contributed by atoms with E-state index in [1.54, 1.807) is 24.3 Å². The zero-order valence-corrected chi connectivity index (χ0v) is 18.6. The van der Waals surface area contributed by atoms with Gasteiger partial charge in [0.25, 0.3) is 11.8 Å². The molecule has 2 aliphatic heterocycles. The van der Waals surface area contributed by atoms with Crippen molar-refractivity contribution in [1.29, 1.82) is 0 Å². The Bertz CT molecular complexity index is 1020. The van der Waals surface area contributed by atoms with Gasteiger partial charge in [-0.15, -0.1) is 0 Å². The van der Waals surface area contributed by atoms with E-state index in [0.717, 1.165) is 0 Å². The Kier molecular flexibility index (Phi) is 6.03. The van der Waals surface area contributed by atoms with Crippen LogP contribution >= 0.6 is 11.6 Å². The van der Waals surface area contributed by atoms with Crippen LogP contribution in [-0.2, 0) is 14.3 Å². The van der Waals surface area contributed by atoms with Gasteiger partial charge in [0.15, 0.2) is 0 Å². The SMILES string of the molecule is CCOc1ccc(C2=C(N3CC(C)OC(C)C3)C(=O)N(c3ccccc3Cl)C2=O)cc1. The van der Waals surface area contributed by atoms with Crippen molar-refractivity contribution in [3.8, 4) is 5.75 Å². The van der Waals surface area contributed by atoms with Crippen LogP contribution in [0.4, 0.5) is 5.69 Å². The van der Waals surface area contributed by atoms with Crippen molar-refractivity contribution in [2.24, 2.45) is 0 Å². The number of imide groups is 1. The lowest BCUT2D eigenvalue weighted by Gasteiger charge is -2.37. The van der Waals surface area contributed by atoms with Gasteiger partial charge in [-0.3, -0.25) is 9.59 Å². The quantitative estimate of drug-likeness (QED) is 0.654. The van der Waals surface area contributed by atoms with Crippen molar-refractivity contribution in [1.82, 2.24) is 4.90 Å². The number of benzene rings is 2. The van der Waals surface area contributed by atoms with Crippen LogP contribution in [0.25, 0.3) is 5.57 Å². The fraction of sp³-hybridized carbons (Fsp3) is 0.333. The topological polar surface area (TPSA) is 59.1 Å². The molecule has 0 spiro atoms. The van der Waals surface area contributed by atoms with Gasteiger partial charge >= 0.3 is 0 Å². The zero-order valence-electron chi connectivity index (χ0n) is 17.8. The highest BCUT2D eigenvalue weighted by molar-refractivity contribution is 6.47. The van der Waals surface area contributed by atoms with Crippen molar-refractivity contribution < 1.29 is 19.1 Å². The second-order valence-corrected chi connectivity index (χ2v) is 8.15. The molecule has 6 nitrogen and oxygen atoms in total. The maximum absolute atomic E-state index is 13.6. The van der Waals surface area contributed by atoms with Crippen LogP contribution in [0.5, 0.6) is 5.75 Å². The highest BCUT2D eigenvalue weighted by Gasteiger charge is 2.44. The number of anilines is 1. The fourth-order valence-corrected chi connectivity index (χ4v) is 4.39. The molecule has 1 saturated heterocycles. The van der Waals surface area contributed by atoms with E-state index in [1.165, 1.54) is 4.90 Å². The minimum atomic E-state index is -0.385. The summed E-state index contributed by atoms with van der Waals surface area (Å²) in [5, 5.41) is 0.347. The van der Waals surface area contributed by atoms with Crippen LogP contribution in [0.1, 0.15) is 26.3 Å². The van der Waals surface area contributed by atoms with Crippen LogP contribution in [0, 0.1) is 0 Å². The standard InChI is InChI=1S/C24H25ClN2O4/c1-4-30-18-11-9-17(10-12-18)21-22(26-13-15(2)31-16(3)14-26)24(29)27(23(21)28)20-8-6-5-7-19(20)25/h5-12,15-16H,4,13-14H2,1-3H3. The molecular formula is C24H25ClN2O4. The summed E-state index contributed by atoms with van der Waals surface area (Å²) in [6.07, 6.45) is -0.120. The summed E-state index contributed by atoms with van der Waals surface area (Å²) in [7, 11) is 0. The third-order valence-electron chi connectivity index (χ3n) is 5.34. The molecule has 0 saturated carbocycles. The summed E-state index contributed by atoms with van der Waals surface area (Å²) in [6.45, 7) is 7.44. The van der Waals surface area contributed by atoms with Gasteiger partial charge in [-0.1, -0.05) is 35.9 Å². The van der Waals surface area contributed by atoms with Gasteiger partial charge < -0.3 is 14.4 Å². The number of carbonyl (C=O) groups is 2. The molecule has 2 aromatic carbocycles. The first-order valence-corrected chi connectivity index (χ1v) is 10.8. The summed E-state index contributed by atoms with van der Waals surface area (Å²) in [5.41, 5.74) is 1.80. The minimum Gasteiger partial charge on any atom is -0.494 e. The van der Waals surface area contributed by atoms with E-state index < -0.39 is 0 Å². The molecule has 31 heavy (non-hydrogen) atoms. The molecule has 0 aromatic heterocycles. The molecule has 162 valence electrons. The molecule has 2 aromatic rings. The monoisotopic (exact) mass is 440 g/mol. The number of halogens is 1. The van der Waals surface area contributed by atoms with E-state index in [4.69, 9.17) is 21.1 Å². The molecule has 2 unspecified atom stereocenters. The molecule has 4 rings (SSSR count). The molecule has 2 aliphatic rings. The Morgan fingerprint density at radius 2 is 1.65 bits per heavy atom. The summed E-state index contributed by atoms with van der Waals surface area (Å²) >= 11 is 6.35. The third-order valence-corrected chi connectivity index (χ3v) is 5.66. The number of nitrogens with zero attached hydrogens (tertiary/aromatic N) is 2. The maximum Gasteiger partial charge on any atom is 0.282 e. The van der Waals surface area contributed by atoms with Gasteiger partial charge in [0.2, 0.25) is 0 Å². The number of hydrogen-bond donors (Lipinski definition) is 0. The van der Waals surface area contributed by atoms with E-state index >= 15 is 0 Å². The molecule has 2 amide bonds. The predicted molar refractivity (Wildman–Crippen MR) is 120 cm³/mol. The second kappa shape index (κ2) is 8.73. The molecular weight excluding hydrogens is 416 g/mol. The van der Waals surface area contributed by atoms with E-state index in [1.807, 2.05) is 49.9 Å². The Hall–Kier alpha value is -2.83. The van der Waals surface area contributed by atoms with Crippen LogP contribution in [0.3, 0.4) is 0 Å². The lowest BCUT2D eigenvalue weighted by Crippen LogP contribution is -2.47.